The van der Waals surface area contributed by atoms with Gasteiger partial charge in [-0.05, 0) is 42.8 Å². The van der Waals surface area contributed by atoms with Crippen LogP contribution in [0.2, 0.25) is 0 Å². The summed E-state index contributed by atoms with van der Waals surface area (Å²) in [5.74, 6) is 0.771. The summed E-state index contributed by atoms with van der Waals surface area (Å²) in [6.45, 7) is 9.40. The molecule has 0 spiro atoms. The standard InChI is InChI=1S/C24H33FN4O2/c1-18(2)23(29-12-10-28(3)11-13-29)16-26-24(30)27-21-8-5-9-22(15-21)31-17-19-6-4-7-20(25)14-19/h4-9,14-15,18,23H,10-13,16-17H2,1-3H3,(H2,26,27,30). The van der Waals surface area contributed by atoms with Crippen molar-refractivity contribution in [1.29, 1.82) is 0 Å². The summed E-state index contributed by atoms with van der Waals surface area (Å²) < 4.78 is 19.0. The highest BCUT2D eigenvalue weighted by Gasteiger charge is 2.25. The van der Waals surface area contributed by atoms with E-state index in [1.54, 1.807) is 12.1 Å². The molecule has 2 aromatic carbocycles. The molecule has 6 nitrogen and oxygen atoms in total. The molecule has 1 fully saturated rings. The van der Waals surface area contributed by atoms with E-state index in [4.69, 9.17) is 4.74 Å². The second kappa shape index (κ2) is 11.1. The van der Waals surface area contributed by atoms with Gasteiger partial charge in [-0.3, -0.25) is 4.90 Å². The Hall–Kier alpha value is -2.64. The highest BCUT2D eigenvalue weighted by Crippen LogP contribution is 2.19. The van der Waals surface area contributed by atoms with E-state index in [1.807, 2.05) is 24.3 Å². The average molecular weight is 429 g/mol. The number of hydrogen-bond donors (Lipinski definition) is 2. The van der Waals surface area contributed by atoms with Crippen LogP contribution >= 0.6 is 0 Å². The average Bonchev–Trinajstić information content (AvgIpc) is 2.74. The maximum absolute atomic E-state index is 13.3. The van der Waals surface area contributed by atoms with Crippen LogP contribution < -0.4 is 15.4 Å². The Balaban J connectivity index is 1.49. The number of benzene rings is 2. The first kappa shape index (κ1) is 23.0. The smallest absolute Gasteiger partial charge is 0.319 e. The van der Waals surface area contributed by atoms with Crippen LogP contribution in [0.3, 0.4) is 0 Å². The number of rotatable bonds is 8. The highest BCUT2D eigenvalue weighted by molar-refractivity contribution is 5.89. The fourth-order valence-electron chi connectivity index (χ4n) is 3.77. The van der Waals surface area contributed by atoms with Crippen molar-refractivity contribution in [1.82, 2.24) is 15.1 Å². The van der Waals surface area contributed by atoms with Crippen molar-refractivity contribution < 1.29 is 13.9 Å². The van der Waals surface area contributed by atoms with Gasteiger partial charge in [-0.2, -0.15) is 0 Å². The van der Waals surface area contributed by atoms with E-state index in [-0.39, 0.29) is 18.5 Å². The van der Waals surface area contributed by atoms with Gasteiger partial charge < -0.3 is 20.3 Å². The molecule has 1 saturated heterocycles. The summed E-state index contributed by atoms with van der Waals surface area (Å²) in [6, 6.07) is 13.6. The summed E-state index contributed by atoms with van der Waals surface area (Å²) in [6.07, 6.45) is 0. The van der Waals surface area contributed by atoms with E-state index in [9.17, 15) is 9.18 Å². The maximum Gasteiger partial charge on any atom is 0.319 e. The Morgan fingerprint density at radius 2 is 1.84 bits per heavy atom. The number of nitrogens with one attached hydrogen (secondary N) is 2. The summed E-state index contributed by atoms with van der Waals surface area (Å²) in [7, 11) is 2.14. The van der Waals surface area contributed by atoms with Crippen molar-refractivity contribution in [2.24, 2.45) is 5.92 Å². The number of nitrogens with zero attached hydrogens (tertiary/aromatic N) is 2. The molecule has 1 heterocycles. The van der Waals surface area contributed by atoms with Gasteiger partial charge in [-0.1, -0.05) is 32.0 Å². The molecule has 1 aliphatic rings. The minimum absolute atomic E-state index is 0.234. The van der Waals surface area contributed by atoms with Gasteiger partial charge in [0.15, 0.2) is 0 Å². The number of amides is 2. The molecule has 7 heteroatoms. The lowest BCUT2D eigenvalue weighted by atomic mass is 10.0. The molecule has 0 radical (unpaired) electrons. The van der Waals surface area contributed by atoms with Gasteiger partial charge in [0.25, 0.3) is 0 Å². The van der Waals surface area contributed by atoms with Crippen molar-refractivity contribution in [3.63, 3.8) is 0 Å². The predicted octanol–water partition coefficient (Wildman–Crippen LogP) is 3.80. The van der Waals surface area contributed by atoms with Gasteiger partial charge in [0.05, 0.1) is 0 Å². The highest BCUT2D eigenvalue weighted by atomic mass is 19.1. The summed E-state index contributed by atoms with van der Waals surface area (Å²) in [4.78, 5) is 17.3. The molecule has 3 rings (SSSR count). The summed E-state index contributed by atoms with van der Waals surface area (Å²) in [5, 5.41) is 5.89. The lowest BCUT2D eigenvalue weighted by Crippen LogP contribution is -2.54. The quantitative estimate of drug-likeness (QED) is 0.672. The van der Waals surface area contributed by atoms with Gasteiger partial charge in [-0.25, -0.2) is 9.18 Å². The molecular formula is C24H33FN4O2. The van der Waals surface area contributed by atoms with E-state index in [0.29, 0.717) is 29.9 Å². The van der Waals surface area contributed by atoms with E-state index in [2.05, 4.69) is 41.3 Å². The number of carbonyl (C=O) groups is 1. The third-order valence-corrected chi connectivity index (χ3v) is 5.63. The molecule has 1 atom stereocenters. The zero-order valence-corrected chi connectivity index (χ0v) is 18.6. The lowest BCUT2D eigenvalue weighted by molar-refractivity contribution is 0.0890. The third-order valence-electron chi connectivity index (χ3n) is 5.63. The molecule has 31 heavy (non-hydrogen) atoms. The molecule has 0 aliphatic carbocycles. The van der Waals surface area contributed by atoms with Gasteiger partial charge in [0.2, 0.25) is 0 Å². The van der Waals surface area contributed by atoms with Crippen LogP contribution in [0.5, 0.6) is 5.75 Å². The Morgan fingerprint density at radius 1 is 1.10 bits per heavy atom. The number of ether oxygens (including phenoxy) is 1. The van der Waals surface area contributed by atoms with Crippen molar-refractivity contribution in [2.45, 2.75) is 26.5 Å². The first-order chi connectivity index (χ1) is 14.9. The molecule has 1 unspecified atom stereocenters. The topological polar surface area (TPSA) is 56.8 Å². The number of likely N-dealkylation sites (N-methyl/N-ethyl adjacent to an activating group) is 1. The number of halogens is 1. The largest absolute Gasteiger partial charge is 0.489 e. The number of urea groups is 1. The number of carbonyl (C=O) groups excluding carboxylic acids is 1. The maximum atomic E-state index is 13.3. The Kier molecular flexibility index (Phi) is 8.26. The van der Waals surface area contributed by atoms with E-state index in [0.717, 1.165) is 31.7 Å². The minimum atomic E-state index is -0.288. The first-order valence-corrected chi connectivity index (χ1v) is 10.9. The molecule has 168 valence electrons. The summed E-state index contributed by atoms with van der Waals surface area (Å²) in [5.41, 5.74) is 1.40. The molecule has 2 N–H and O–H groups in total. The number of piperazine rings is 1. The molecular weight excluding hydrogens is 395 g/mol. The van der Waals surface area contributed by atoms with Crippen LogP contribution in [0, 0.1) is 11.7 Å². The van der Waals surface area contributed by atoms with Crippen molar-refractivity contribution in [3.8, 4) is 5.75 Å². The van der Waals surface area contributed by atoms with Gasteiger partial charge in [-0.15, -0.1) is 0 Å². The van der Waals surface area contributed by atoms with E-state index < -0.39 is 0 Å². The molecule has 2 amide bonds. The van der Waals surface area contributed by atoms with Crippen LogP contribution in [0.25, 0.3) is 0 Å². The van der Waals surface area contributed by atoms with Gasteiger partial charge in [0, 0.05) is 50.5 Å². The minimum Gasteiger partial charge on any atom is -0.489 e. The van der Waals surface area contributed by atoms with Crippen LogP contribution in [-0.2, 0) is 6.61 Å². The lowest BCUT2D eigenvalue weighted by Gasteiger charge is -2.39. The fourth-order valence-corrected chi connectivity index (χ4v) is 3.77. The SMILES string of the molecule is CC(C)C(CNC(=O)Nc1cccc(OCc2cccc(F)c2)c1)N1CCN(C)CC1. The van der Waals surface area contributed by atoms with Crippen LogP contribution in [0.4, 0.5) is 14.9 Å². The van der Waals surface area contributed by atoms with Crippen molar-refractivity contribution >= 4 is 11.7 Å². The molecule has 0 bridgehead atoms. The van der Waals surface area contributed by atoms with Gasteiger partial charge in [0.1, 0.15) is 18.2 Å². The molecule has 0 saturated carbocycles. The van der Waals surface area contributed by atoms with E-state index >= 15 is 0 Å². The fraction of sp³-hybridized carbons (Fsp3) is 0.458. The second-order valence-electron chi connectivity index (χ2n) is 8.43. The van der Waals surface area contributed by atoms with E-state index in [1.165, 1.54) is 12.1 Å². The Labute approximate surface area is 184 Å². The molecule has 2 aromatic rings. The Morgan fingerprint density at radius 3 is 2.55 bits per heavy atom. The van der Waals surface area contributed by atoms with Crippen molar-refractivity contribution in [3.05, 3.63) is 59.9 Å². The zero-order chi connectivity index (χ0) is 22.2. The number of anilines is 1. The normalized spacial score (nSPS) is 16.2. The van der Waals surface area contributed by atoms with Crippen molar-refractivity contribution in [2.75, 3.05) is 45.1 Å². The zero-order valence-electron chi connectivity index (χ0n) is 18.6. The summed E-state index contributed by atoms with van der Waals surface area (Å²) >= 11 is 0. The van der Waals surface area contributed by atoms with Crippen LogP contribution in [-0.4, -0.2) is 61.6 Å². The number of hydrogen-bond acceptors (Lipinski definition) is 4. The van der Waals surface area contributed by atoms with Crippen LogP contribution in [0.1, 0.15) is 19.4 Å². The van der Waals surface area contributed by atoms with Crippen LogP contribution in [0.15, 0.2) is 48.5 Å². The second-order valence-corrected chi connectivity index (χ2v) is 8.43. The molecule has 1 aliphatic heterocycles. The predicted molar refractivity (Wildman–Crippen MR) is 122 cm³/mol. The monoisotopic (exact) mass is 428 g/mol. The van der Waals surface area contributed by atoms with Gasteiger partial charge >= 0.3 is 6.03 Å². The Bertz CT molecular complexity index is 853. The first-order valence-electron chi connectivity index (χ1n) is 10.9. The molecule has 0 aromatic heterocycles. The third kappa shape index (κ3) is 7.22.